The molecule has 130 valence electrons. The van der Waals surface area contributed by atoms with Crippen LogP contribution in [0.5, 0.6) is 0 Å². The van der Waals surface area contributed by atoms with Gasteiger partial charge in [-0.05, 0) is 50.8 Å². The lowest BCUT2D eigenvalue weighted by atomic mass is 9.70. The van der Waals surface area contributed by atoms with Crippen LogP contribution in [0.1, 0.15) is 48.7 Å². The summed E-state index contributed by atoms with van der Waals surface area (Å²) in [6.07, 6.45) is 1.54. The molecule has 2 aliphatic rings. The van der Waals surface area contributed by atoms with E-state index in [4.69, 9.17) is 0 Å². The Balaban J connectivity index is 1.82. The number of carbonyl (C=O) groups excluding carboxylic acids is 1. The van der Waals surface area contributed by atoms with Crippen molar-refractivity contribution in [2.24, 2.45) is 5.41 Å². The quantitative estimate of drug-likeness (QED) is 0.604. The van der Waals surface area contributed by atoms with Crippen molar-refractivity contribution in [1.82, 2.24) is 5.32 Å². The number of carbonyl (C=O) groups is 1. The van der Waals surface area contributed by atoms with Crippen LogP contribution in [0, 0.1) is 5.41 Å². The van der Waals surface area contributed by atoms with Crippen molar-refractivity contribution >= 4 is 33.5 Å². The molecule has 0 fully saturated rings. The first kappa shape index (κ1) is 15.8. The molecular formula is C23H21NOS. The van der Waals surface area contributed by atoms with Crippen molar-refractivity contribution in [1.29, 1.82) is 0 Å². The first-order valence-corrected chi connectivity index (χ1v) is 10.00. The van der Waals surface area contributed by atoms with Crippen molar-refractivity contribution in [2.45, 2.75) is 32.7 Å². The highest BCUT2D eigenvalue weighted by atomic mass is 32.1. The fourth-order valence-electron chi connectivity index (χ4n) is 4.47. The number of thiophene rings is 1. The summed E-state index contributed by atoms with van der Waals surface area (Å²) in [5, 5.41) is 8.27. The van der Waals surface area contributed by atoms with Crippen LogP contribution in [0.15, 0.2) is 59.6 Å². The van der Waals surface area contributed by atoms with Crippen LogP contribution < -0.4 is 5.32 Å². The molecule has 5 rings (SSSR count). The van der Waals surface area contributed by atoms with Gasteiger partial charge in [-0.1, -0.05) is 56.3 Å². The monoisotopic (exact) mass is 359 g/mol. The van der Waals surface area contributed by atoms with E-state index < -0.39 is 0 Å². The van der Waals surface area contributed by atoms with Crippen LogP contribution in [-0.2, 0) is 4.79 Å². The van der Waals surface area contributed by atoms with E-state index in [0.29, 0.717) is 6.42 Å². The van der Waals surface area contributed by atoms with E-state index in [9.17, 15) is 4.79 Å². The van der Waals surface area contributed by atoms with Gasteiger partial charge in [-0.3, -0.25) is 4.79 Å². The normalized spacial score (nSPS) is 21.3. The van der Waals surface area contributed by atoms with Crippen LogP contribution in [-0.4, -0.2) is 5.78 Å². The Kier molecular flexibility index (Phi) is 3.38. The summed E-state index contributed by atoms with van der Waals surface area (Å²) in [5.41, 5.74) is 4.60. The second kappa shape index (κ2) is 5.55. The molecular weight excluding hydrogens is 338 g/mol. The molecule has 1 aliphatic heterocycles. The molecule has 3 heteroatoms. The molecule has 0 amide bonds. The number of Topliss-reactive ketones (excluding diaryl/α,β-unsaturated/α-hetero) is 1. The fraction of sp³-hybridized carbons (Fsp3) is 0.261. The van der Waals surface area contributed by atoms with Gasteiger partial charge in [0.2, 0.25) is 0 Å². The van der Waals surface area contributed by atoms with Crippen molar-refractivity contribution in [2.75, 3.05) is 0 Å². The molecule has 1 N–H and O–H groups in total. The van der Waals surface area contributed by atoms with Crippen molar-refractivity contribution in [3.8, 4) is 0 Å². The maximum absolute atomic E-state index is 12.9. The van der Waals surface area contributed by atoms with Crippen LogP contribution in [0.4, 0.5) is 0 Å². The summed E-state index contributed by atoms with van der Waals surface area (Å²) in [5.74, 6) is 0.247. The van der Waals surface area contributed by atoms with Crippen molar-refractivity contribution in [3.05, 3.63) is 75.6 Å². The number of ketones is 1. The average Bonchev–Trinajstić information content (AvgIpc) is 3.14. The number of benzene rings is 2. The molecule has 3 aromatic rings. The summed E-state index contributed by atoms with van der Waals surface area (Å²) in [6.45, 7) is 4.39. The molecule has 1 atom stereocenters. The maximum Gasteiger partial charge on any atom is 0.179 e. The third-order valence-electron chi connectivity index (χ3n) is 5.58. The lowest BCUT2D eigenvalue weighted by molar-refractivity contribution is -0.118. The number of allylic oxidation sites excluding steroid dienone is 2. The van der Waals surface area contributed by atoms with Crippen LogP contribution >= 0.6 is 11.3 Å². The van der Waals surface area contributed by atoms with E-state index in [-0.39, 0.29) is 17.2 Å². The SMILES string of the molecule is CC1(C)CC(=O)C2=C(C1)c1ccc3ccccc3c1C(c1cccs1)N2. The number of hydrogen-bond acceptors (Lipinski definition) is 3. The predicted octanol–water partition coefficient (Wildman–Crippen LogP) is 5.69. The molecule has 0 bridgehead atoms. The second-order valence-corrected chi connectivity index (χ2v) is 9.11. The van der Waals surface area contributed by atoms with Gasteiger partial charge in [0.15, 0.2) is 5.78 Å². The molecule has 0 saturated carbocycles. The molecule has 0 radical (unpaired) electrons. The highest BCUT2D eigenvalue weighted by molar-refractivity contribution is 7.10. The van der Waals surface area contributed by atoms with E-state index in [1.807, 2.05) is 0 Å². The van der Waals surface area contributed by atoms with Gasteiger partial charge in [-0.2, -0.15) is 0 Å². The van der Waals surface area contributed by atoms with E-state index in [1.54, 1.807) is 11.3 Å². The van der Waals surface area contributed by atoms with E-state index >= 15 is 0 Å². The largest absolute Gasteiger partial charge is 0.370 e. The van der Waals surface area contributed by atoms with E-state index in [2.05, 4.69) is 73.1 Å². The topological polar surface area (TPSA) is 29.1 Å². The minimum atomic E-state index is 0.0102. The molecule has 0 spiro atoms. The van der Waals surface area contributed by atoms with Gasteiger partial charge in [0, 0.05) is 11.3 Å². The van der Waals surface area contributed by atoms with Crippen LogP contribution in [0.3, 0.4) is 0 Å². The number of hydrogen-bond donors (Lipinski definition) is 1. The number of rotatable bonds is 1. The summed E-state index contributed by atoms with van der Waals surface area (Å²) in [7, 11) is 0. The number of fused-ring (bicyclic) bond motifs is 4. The zero-order chi connectivity index (χ0) is 17.9. The third-order valence-corrected chi connectivity index (χ3v) is 6.51. The van der Waals surface area contributed by atoms with Crippen LogP contribution in [0.25, 0.3) is 16.3 Å². The maximum atomic E-state index is 12.9. The predicted molar refractivity (Wildman–Crippen MR) is 108 cm³/mol. The fourth-order valence-corrected chi connectivity index (χ4v) is 5.26. The highest BCUT2D eigenvalue weighted by Crippen LogP contribution is 2.48. The molecule has 1 unspecified atom stereocenters. The lowest BCUT2D eigenvalue weighted by Crippen LogP contribution is -2.37. The summed E-state index contributed by atoms with van der Waals surface area (Å²) in [6, 6.07) is 17.3. The second-order valence-electron chi connectivity index (χ2n) is 8.14. The Bertz CT molecular complexity index is 1060. The van der Waals surface area contributed by atoms with Gasteiger partial charge in [0.1, 0.15) is 0 Å². The molecule has 0 saturated heterocycles. The Labute approximate surface area is 157 Å². The first-order chi connectivity index (χ1) is 12.5. The van der Waals surface area contributed by atoms with Crippen LogP contribution in [0.2, 0.25) is 0 Å². The summed E-state index contributed by atoms with van der Waals surface area (Å²) >= 11 is 1.75. The Hall–Kier alpha value is -2.39. The highest BCUT2D eigenvalue weighted by Gasteiger charge is 2.39. The third kappa shape index (κ3) is 2.34. The summed E-state index contributed by atoms with van der Waals surface area (Å²) in [4.78, 5) is 14.2. The molecule has 1 aromatic heterocycles. The van der Waals surface area contributed by atoms with E-state index in [1.165, 1.54) is 32.3 Å². The molecule has 2 nitrogen and oxygen atoms in total. The standard InChI is InChI=1S/C23H21NOS/c1-23(2)12-17-16-10-9-14-6-3-4-7-15(14)20(16)22(19-8-5-11-26-19)24-21(17)18(25)13-23/h3-11,22,24H,12-13H2,1-2H3. The smallest absolute Gasteiger partial charge is 0.179 e. The minimum absolute atomic E-state index is 0.0102. The zero-order valence-electron chi connectivity index (χ0n) is 15.0. The minimum Gasteiger partial charge on any atom is -0.370 e. The first-order valence-electron chi connectivity index (χ1n) is 9.12. The lowest BCUT2D eigenvalue weighted by Gasteiger charge is -2.39. The van der Waals surface area contributed by atoms with Gasteiger partial charge in [0.25, 0.3) is 0 Å². The molecule has 2 heterocycles. The van der Waals surface area contributed by atoms with Gasteiger partial charge in [-0.25, -0.2) is 0 Å². The Morgan fingerprint density at radius 2 is 1.88 bits per heavy atom. The Morgan fingerprint density at radius 1 is 1.04 bits per heavy atom. The van der Waals surface area contributed by atoms with Crippen molar-refractivity contribution < 1.29 is 4.79 Å². The van der Waals surface area contributed by atoms with E-state index in [0.717, 1.165) is 12.1 Å². The number of nitrogens with one attached hydrogen (secondary N) is 1. The molecule has 26 heavy (non-hydrogen) atoms. The Morgan fingerprint density at radius 3 is 2.69 bits per heavy atom. The van der Waals surface area contributed by atoms with Gasteiger partial charge in [-0.15, -0.1) is 11.3 Å². The molecule has 1 aliphatic carbocycles. The van der Waals surface area contributed by atoms with Gasteiger partial charge in [0.05, 0.1) is 11.7 Å². The van der Waals surface area contributed by atoms with Gasteiger partial charge >= 0.3 is 0 Å². The van der Waals surface area contributed by atoms with Gasteiger partial charge < -0.3 is 5.32 Å². The summed E-state index contributed by atoms with van der Waals surface area (Å²) < 4.78 is 0. The molecule has 2 aromatic carbocycles. The van der Waals surface area contributed by atoms with Crippen molar-refractivity contribution in [3.63, 3.8) is 0 Å². The zero-order valence-corrected chi connectivity index (χ0v) is 15.8. The average molecular weight is 359 g/mol.